The molecule has 2 aromatic heterocycles. The minimum absolute atomic E-state index is 0.0117. The van der Waals surface area contributed by atoms with E-state index in [1.54, 1.807) is 0 Å². The van der Waals surface area contributed by atoms with E-state index in [-0.39, 0.29) is 23.9 Å². The smallest absolute Gasteiger partial charge is 0.282 e. The van der Waals surface area contributed by atoms with Crippen molar-refractivity contribution in [1.82, 2.24) is 25.1 Å². The molecule has 0 bridgehead atoms. The third kappa shape index (κ3) is 2.32. The molecule has 0 aliphatic heterocycles. The lowest BCUT2D eigenvalue weighted by molar-refractivity contribution is 0.431. The summed E-state index contributed by atoms with van der Waals surface area (Å²) >= 11 is 0. The van der Waals surface area contributed by atoms with Crippen molar-refractivity contribution in [1.29, 1.82) is 5.26 Å². The number of aryl methyl sites for hydroxylation is 1. The van der Waals surface area contributed by atoms with Crippen LogP contribution in [-0.4, -0.2) is 25.1 Å². The number of nitriles is 1. The van der Waals surface area contributed by atoms with Crippen molar-refractivity contribution in [3.8, 4) is 29.0 Å². The van der Waals surface area contributed by atoms with Crippen LogP contribution >= 0.6 is 0 Å². The number of nitrogens with zero attached hydrogens (tertiary/aromatic N) is 6. The zero-order chi connectivity index (χ0) is 14.8. The van der Waals surface area contributed by atoms with Crippen molar-refractivity contribution in [2.24, 2.45) is 0 Å². The predicted molar refractivity (Wildman–Crippen MR) is 73.5 cm³/mol. The molecule has 8 nitrogen and oxygen atoms in total. The van der Waals surface area contributed by atoms with Gasteiger partial charge in [-0.05, 0) is 6.92 Å². The summed E-state index contributed by atoms with van der Waals surface area (Å²) in [6, 6.07) is 9.67. The van der Waals surface area contributed by atoms with E-state index in [0.29, 0.717) is 5.82 Å². The molecule has 2 heterocycles. The van der Waals surface area contributed by atoms with Crippen LogP contribution in [0, 0.1) is 18.3 Å². The summed E-state index contributed by atoms with van der Waals surface area (Å²) in [7, 11) is 0. The van der Waals surface area contributed by atoms with Gasteiger partial charge in [-0.1, -0.05) is 40.2 Å². The average Bonchev–Trinajstić information content (AvgIpc) is 3.08. The van der Waals surface area contributed by atoms with Crippen molar-refractivity contribution in [3.63, 3.8) is 0 Å². The van der Waals surface area contributed by atoms with E-state index in [4.69, 9.17) is 15.5 Å². The maximum Gasteiger partial charge on any atom is 0.282 e. The standard InChI is InChI=1S/C13H11N7O/c1-8-2-4-9(5-3-8)12-16-13(21-18-12)10-11(15)20(7-6-14)19-17-10/h2-5H,7,15H2,1H3. The van der Waals surface area contributed by atoms with Crippen molar-refractivity contribution in [2.45, 2.75) is 13.5 Å². The van der Waals surface area contributed by atoms with E-state index in [2.05, 4.69) is 20.5 Å². The van der Waals surface area contributed by atoms with Crippen LogP contribution in [0.3, 0.4) is 0 Å². The number of rotatable bonds is 3. The van der Waals surface area contributed by atoms with Gasteiger partial charge in [-0.3, -0.25) is 0 Å². The molecule has 0 fully saturated rings. The first-order valence-electron chi connectivity index (χ1n) is 6.16. The Kier molecular flexibility index (Phi) is 3.08. The number of aromatic nitrogens is 5. The normalized spacial score (nSPS) is 10.5. The van der Waals surface area contributed by atoms with Crippen molar-refractivity contribution < 1.29 is 4.52 Å². The van der Waals surface area contributed by atoms with Gasteiger partial charge in [0.05, 0.1) is 6.07 Å². The second-order valence-corrected chi connectivity index (χ2v) is 4.43. The number of nitrogen functional groups attached to an aromatic ring is 1. The molecule has 1 aromatic carbocycles. The lowest BCUT2D eigenvalue weighted by Gasteiger charge is -1.95. The number of anilines is 1. The lowest BCUT2D eigenvalue weighted by atomic mass is 10.1. The fourth-order valence-electron chi connectivity index (χ4n) is 1.80. The van der Waals surface area contributed by atoms with Crippen LogP contribution in [0.5, 0.6) is 0 Å². The molecular weight excluding hydrogens is 270 g/mol. The quantitative estimate of drug-likeness (QED) is 0.770. The van der Waals surface area contributed by atoms with Gasteiger partial charge >= 0.3 is 0 Å². The number of hydrogen-bond acceptors (Lipinski definition) is 7. The zero-order valence-corrected chi connectivity index (χ0v) is 11.2. The lowest BCUT2D eigenvalue weighted by Crippen LogP contribution is -2.03. The molecule has 0 saturated heterocycles. The second-order valence-electron chi connectivity index (χ2n) is 4.43. The SMILES string of the molecule is Cc1ccc(-c2noc(-c3nnn(CC#N)c3N)n2)cc1. The molecular formula is C13H11N7O. The van der Waals surface area contributed by atoms with Crippen LogP contribution in [0.25, 0.3) is 23.0 Å². The van der Waals surface area contributed by atoms with Gasteiger partial charge in [-0.2, -0.15) is 10.2 Å². The molecule has 2 N–H and O–H groups in total. The maximum atomic E-state index is 8.65. The van der Waals surface area contributed by atoms with E-state index in [9.17, 15) is 0 Å². The van der Waals surface area contributed by atoms with Crippen LogP contribution in [0.1, 0.15) is 5.56 Å². The van der Waals surface area contributed by atoms with Gasteiger partial charge in [-0.15, -0.1) is 5.10 Å². The predicted octanol–water partition coefficient (Wildman–Crippen LogP) is 1.41. The first-order chi connectivity index (χ1) is 10.2. The van der Waals surface area contributed by atoms with Crippen LogP contribution in [-0.2, 0) is 6.54 Å². The monoisotopic (exact) mass is 281 g/mol. The van der Waals surface area contributed by atoms with Crippen LogP contribution in [0.2, 0.25) is 0 Å². The van der Waals surface area contributed by atoms with Crippen LogP contribution in [0.4, 0.5) is 5.82 Å². The number of hydrogen-bond donors (Lipinski definition) is 1. The Balaban J connectivity index is 1.95. The molecule has 0 radical (unpaired) electrons. The molecule has 0 atom stereocenters. The van der Waals surface area contributed by atoms with Gasteiger partial charge in [0.25, 0.3) is 5.89 Å². The van der Waals surface area contributed by atoms with Crippen molar-refractivity contribution >= 4 is 5.82 Å². The van der Waals surface area contributed by atoms with Crippen LogP contribution < -0.4 is 5.73 Å². The summed E-state index contributed by atoms with van der Waals surface area (Å²) in [5.41, 5.74) is 8.10. The Hall–Kier alpha value is -3.21. The van der Waals surface area contributed by atoms with Gasteiger partial charge in [0.15, 0.2) is 11.5 Å². The minimum atomic E-state index is 0.0117. The van der Waals surface area contributed by atoms with E-state index in [0.717, 1.165) is 11.1 Å². The Morgan fingerprint density at radius 2 is 2.10 bits per heavy atom. The second kappa shape index (κ2) is 5.05. The molecule has 3 aromatic rings. The molecule has 0 aliphatic rings. The summed E-state index contributed by atoms with van der Waals surface area (Å²) in [6.07, 6.45) is 0. The van der Waals surface area contributed by atoms with Crippen molar-refractivity contribution in [3.05, 3.63) is 29.8 Å². The highest BCUT2D eigenvalue weighted by Crippen LogP contribution is 2.24. The van der Waals surface area contributed by atoms with E-state index >= 15 is 0 Å². The number of benzene rings is 1. The topological polar surface area (TPSA) is 119 Å². The van der Waals surface area contributed by atoms with E-state index in [1.165, 1.54) is 4.68 Å². The maximum absolute atomic E-state index is 8.65. The molecule has 8 heteroatoms. The summed E-state index contributed by atoms with van der Waals surface area (Å²) in [5.74, 6) is 0.835. The Morgan fingerprint density at radius 3 is 2.81 bits per heavy atom. The highest BCUT2D eigenvalue weighted by molar-refractivity contribution is 5.64. The van der Waals surface area contributed by atoms with Crippen LogP contribution in [0.15, 0.2) is 28.8 Å². The van der Waals surface area contributed by atoms with Gasteiger partial charge < -0.3 is 10.3 Å². The first-order valence-corrected chi connectivity index (χ1v) is 6.16. The third-order valence-electron chi connectivity index (χ3n) is 2.93. The highest BCUT2D eigenvalue weighted by Gasteiger charge is 2.18. The van der Waals surface area contributed by atoms with Gasteiger partial charge in [0.2, 0.25) is 5.82 Å². The molecule has 3 rings (SSSR count). The summed E-state index contributed by atoms with van der Waals surface area (Å²) < 4.78 is 6.44. The largest absolute Gasteiger partial charge is 0.382 e. The molecule has 0 unspecified atom stereocenters. The zero-order valence-electron chi connectivity index (χ0n) is 11.2. The third-order valence-corrected chi connectivity index (χ3v) is 2.93. The first kappa shape index (κ1) is 12.8. The Labute approximate surface area is 119 Å². The molecule has 0 spiro atoms. The molecule has 0 saturated carbocycles. The average molecular weight is 281 g/mol. The summed E-state index contributed by atoms with van der Waals surface area (Å²) in [5, 5.41) is 20.2. The molecule has 21 heavy (non-hydrogen) atoms. The Morgan fingerprint density at radius 1 is 1.33 bits per heavy atom. The Bertz CT molecular complexity index is 810. The van der Waals surface area contributed by atoms with E-state index in [1.807, 2.05) is 37.3 Å². The highest BCUT2D eigenvalue weighted by atomic mass is 16.5. The fraction of sp³-hybridized carbons (Fsp3) is 0.154. The molecule has 0 aliphatic carbocycles. The minimum Gasteiger partial charge on any atom is -0.382 e. The summed E-state index contributed by atoms with van der Waals surface area (Å²) in [6.45, 7) is 2.01. The van der Waals surface area contributed by atoms with Gasteiger partial charge in [-0.25, -0.2) is 4.68 Å². The van der Waals surface area contributed by atoms with Crippen molar-refractivity contribution in [2.75, 3.05) is 5.73 Å². The number of nitrogens with two attached hydrogens (primary N) is 1. The van der Waals surface area contributed by atoms with E-state index < -0.39 is 0 Å². The molecule has 104 valence electrons. The van der Waals surface area contributed by atoms with Gasteiger partial charge in [0, 0.05) is 5.56 Å². The summed E-state index contributed by atoms with van der Waals surface area (Å²) in [4.78, 5) is 4.26. The molecule has 0 amide bonds. The van der Waals surface area contributed by atoms with Gasteiger partial charge in [0.1, 0.15) is 6.54 Å². The fourth-order valence-corrected chi connectivity index (χ4v) is 1.80.